The molecule has 2 atom stereocenters. The van der Waals surface area contributed by atoms with Crippen LogP contribution in [-0.2, 0) is 10.0 Å². The largest absolute Gasteiger partial charge is 0.360 e. The third-order valence-electron chi connectivity index (χ3n) is 5.73. The van der Waals surface area contributed by atoms with Crippen molar-refractivity contribution in [3.8, 4) is 0 Å². The van der Waals surface area contributed by atoms with E-state index in [0.717, 1.165) is 19.3 Å². The zero-order valence-electron chi connectivity index (χ0n) is 16.4. The molecule has 1 saturated carbocycles. The number of hydrogen-bond donors (Lipinski definition) is 1. The number of carbonyl (C=O) groups is 1. The van der Waals surface area contributed by atoms with E-state index in [2.05, 4.69) is 17.4 Å². The highest BCUT2D eigenvalue weighted by atomic mass is 32.2. The maximum absolute atomic E-state index is 13.0. The molecule has 2 unspecified atom stereocenters. The van der Waals surface area contributed by atoms with Crippen molar-refractivity contribution >= 4 is 16.1 Å². The molecule has 1 aliphatic carbocycles. The number of hydrogen-bond acceptors (Lipinski definition) is 5. The van der Waals surface area contributed by atoms with Crippen LogP contribution in [0.3, 0.4) is 0 Å². The molecule has 1 saturated heterocycles. The van der Waals surface area contributed by atoms with Crippen molar-refractivity contribution in [1.29, 1.82) is 0 Å². The second kappa shape index (κ2) is 8.18. The molecule has 2 heterocycles. The van der Waals surface area contributed by atoms with Crippen LogP contribution in [0.5, 0.6) is 0 Å². The summed E-state index contributed by atoms with van der Waals surface area (Å²) in [5.41, 5.74) is 0.373. The molecular weight excluding hydrogens is 368 g/mol. The number of rotatable bonds is 3. The van der Waals surface area contributed by atoms with E-state index in [1.165, 1.54) is 10.7 Å². The number of urea groups is 1. The highest BCUT2D eigenvalue weighted by Gasteiger charge is 2.33. The van der Waals surface area contributed by atoms with Crippen LogP contribution < -0.4 is 5.32 Å². The van der Waals surface area contributed by atoms with Crippen LogP contribution >= 0.6 is 0 Å². The van der Waals surface area contributed by atoms with Gasteiger partial charge in [-0.1, -0.05) is 24.9 Å². The number of nitrogens with zero attached hydrogens (tertiary/aromatic N) is 3. The summed E-state index contributed by atoms with van der Waals surface area (Å²) in [6.07, 6.45) is 5.16. The SMILES string of the molecule is Cc1noc(C)c1S(=O)(=O)N1CCCN(C(=O)NC2CCCCC2C)CC1. The summed E-state index contributed by atoms with van der Waals surface area (Å²) in [5, 5.41) is 6.92. The summed E-state index contributed by atoms with van der Waals surface area (Å²) in [6.45, 7) is 7.03. The quantitative estimate of drug-likeness (QED) is 0.843. The molecule has 0 radical (unpaired) electrons. The summed E-state index contributed by atoms with van der Waals surface area (Å²) < 4.78 is 32.4. The molecule has 3 rings (SSSR count). The average Bonchev–Trinajstić information content (AvgIpc) is 2.83. The Kier molecular flexibility index (Phi) is 6.10. The van der Waals surface area contributed by atoms with Crippen molar-refractivity contribution in [2.45, 2.75) is 63.8 Å². The monoisotopic (exact) mass is 398 g/mol. The van der Waals surface area contributed by atoms with Gasteiger partial charge in [-0.05, 0) is 39.0 Å². The predicted molar refractivity (Wildman–Crippen MR) is 101 cm³/mol. The standard InChI is InChI=1S/C18H30N4O4S/c1-13-7-4-5-8-16(13)19-18(23)21-9-6-10-22(12-11-21)27(24,25)17-14(2)20-26-15(17)3/h13,16H,4-12H2,1-3H3,(H,19,23). The van der Waals surface area contributed by atoms with E-state index in [0.29, 0.717) is 43.4 Å². The molecule has 27 heavy (non-hydrogen) atoms. The molecule has 152 valence electrons. The minimum Gasteiger partial charge on any atom is -0.360 e. The molecule has 1 aromatic heterocycles. The first-order chi connectivity index (χ1) is 12.8. The van der Waals surface area contributed by atoms with Crippen molar-refractivity contribution in [3.63, 3.8) is 0 Å². The van der Waals surface area contributed by atoms with E-state index < -0.39 is 10.0 Å². The van der Waals surface area contributed by atoms with Gasteiger partial charge in [0, 0.05) is 32.2 Å². The van der Waals surface area contributed by atoms with Crippen molar-refractivity contribution in [2.24, 2.45) is 5.92 Å². The second-order valence-electron chi connectivity index (χ2n) is 7.72. The lowest BCUT2D eigenvalue weighted by Gasteiger charge is -2.32. The van der Waals surface area contributed by atoms with E-state index in [9.17, 15) is 13.2 Å². The molecule has 2 aliphatic rings. The molecule has 1 aliphatic heterocycles. The van der Waals surface area contributed by atoms with Gasteiger partial charge in [0.1, 0.15) is 10.6 Å². The average molecular weight is 399 g/mol. The lowest BCUT2D eigenvalue weighted by atomic mass is 9.86. The Morgan fingerprint density at radius 1 is 1.11 bits per heavy atom. The Bertz CT molecular complexity index is 757. The highest BCUT2D eigenvalue weighted by molar-refractivity contribution is 7.89. The van der Waals surface area contributed by atoms with Crippen LogP contribution in [-0.4, -0.2) is 61.0 Å². The topological polar surface area (TPSA) is 95.8 Å². The zero-order valence-corrected chi connectivity index (χ0v) is 17.2. The van der Waals surface area contributed by atoms with Crippen molar-refractivity contribution < 1.29 is 17.7 Å². The summed E-state index contributed by atoms with van der Waals surface area (Å²) in [6, 6.07) is 0.141. The number of amides is 2. The van der Waals surface area contributed by atoms with Crippen molar-refractivity contribution in [3.05, 3.63) is 11.5 Å². The van der Waals surface area contributed by atoms with Gasteiger partial charge < -0.3 is 14.7 Å². The minimum absolute atomic E-state index is 0.0784. The molecule has 1 N–H and O–H groups in total. The highest BCUT2D eigenvalue weighted by Crippen LogP contribution is 2.25. The third kappa shape index (κ3) is 4.29. The Hall–Kier alpha value is -1.61. The predicted octanol–water partition coefficient (Wildman–Crippen LogP) is 2.28. The van der Waals surface area contributed by atoms with Crippen LogP contribution in [0.25, 0.3) is 0 Å². The van der Waals surface area contributed by atoms with Crippen molar-refractivity contribution in [2.75, 3.05) is 26.2 Å². The number of nitrogens with one attached hydrogen (secondary N) is 1. The summed E-state index contributed by atoms with van der Waals surface area (Å²) in [5.74, 6) is 0.795. The maximum Gasteiger partial charge on any atom is 0.317 e. The first-order valence-corrected chi connectivity index (χ1v) is 11.2. The number of aromatic nitrogens is 1. The van der Waals surface area contributed by atoms with E-state index in [4.69, 9.17) is 4.52 Å². The van der Waals surface area contributed by atoms with E-state index in [1.54, 1.807) is 18.7 Å². The Morgan fingerprint density at radius 2 is 1.85 bits per heavy atom. The molecule has 9 heteroatoms. The van der Waals surface area contributed by atoms with Crippen LogP contribution in [0.15, 0.2) is 9.42 Å². The first-order valence-electron chi connectivity index (χ1n) is 9.79. The Balaban J connectivity index is 1.64. The first kappa shape index (κ1) is 20.1. The fourth-order valence-corrected chi connectivity index (χ4v) is 5.85. The Labute approximate surface area is 161 Å². The van der Waals surface area contributed by atoms with E-state index in [1.807, 2.05) is 0 Å². The van der Waals surface area contributed by atoms with Crippen LogP contribution in [0.1, 0.15) is 50.5 Å². The van der Waals surface area contributed by atoms with Crippen LogP contribution in [0, 0.1) is 19.8 Å². The summed E-state index contributed by atoms with van der Waals surface area (Å²) >= 11 is 0. The lowest BCUT2D eigenvalue weighted by molar-refractivity contribution is 0.184. The second-order valence-corrected chi connectivity index (χ2v) is 9.59. The fraction of sp³-hybridized carbons (Fsp3) is 0.778. The van der Waals surface area contributed by atoms with Crippen molar-refractivity contribution in [1.82, 2.24) is 19.7 Å². The summed E-state index contributed by atoms with van der Waals surface area (Å²) in [4.78, 5) is 14.6. The Morgan fingerprint density at radius 3 is 2.52 bits per heavy atom. The normalized spacial score (nSPS) is 25.2. The third-order valence-corrected chi connectivity index (χ3v) is 7.87. The molecule has 8 nitrogen and oxygen atoms in total. The lowest BCUT2D eigenvalue weighted by Crippen LogP contribution is -2.49. The van der Waals surface area contributed by atoms with E-state index in [-0.39, 0.29) is 23.5 Å². The molecule has 2 fully saturated rings. The molecular formula is C18H30N4O4S. The maximum atomic E-state index is 13.0. The van der Waals surface area contributed by atoms with Crippen LogP contribution in [0.4, 0.5) is 4.79 Å². The molecule has 2 amide bonds. The van der Waals surface area contributed by atoms with Gasteiger partial charge in [0.2, 0.25) is 10.0 Å². The molecule has 0 spiro atoms. The van der Waals surface area contributed by atoms with Crippen LogP contribution in [0.2, 0.25) is 0 Å². The molecule has 1 aromatic rings. The number of aryl methyl sites for hydroxylation is 2. The summed E-state index contributed by atoms with van der Waals surface area (Å²) in [7, 11) is -3.67. The number of sulfonamides is 1. The van der Waals surface area contributed by atoms with Gasteiger partial charge in [0.15, 0.2) is 5.76 Å². The fourth-order valence-electron chi connectivity index (χ4n) is 4.09. The van der Waals surface area contributed by atoms with Gasteiger partial charge in [-0.25, -0.2) is 13.2 Å². The molecule has 0 aromatic carbocycles. The minimum atomic E-state index is -3.67. The van der Waals surface area contributed by atoms with Gasteiger partial charge in [0.05, 0.1) is 0 Å². The van der Waals surface area contributed by atoms with Gasteiger partial charge in [-0.3, -0.25) is 0 Å². The zero-order chi connectivity index (χ0) is 19.6. The number of carbonyl (C=O) groups excluding carboxylic acids is 1. The smallest absolute Gasteiger partial charge is 0.317 e. The van der Waals surface area contributed by atoms with Gasteiger partial charge >= 0.3 is 6.03 Å². The molecule has 0 bridgehead atoms. The van der Waals surface area contributed by atoms with Gasteiger partial charge in [-0.15, -0.1) is 0 Å². The van der Waals surface area contributed by atoms with Gasteiger partial charge in [-0.2, -0.15) is 4.31 Å². The van der Waals surface area contributed by atoms with E-state index >= 15 is 0 Å². The van der Waals surface area contributed by atoms with Gasteiger partial charge in [0.25, 0.3) is 0 Å².